The van der Waals surface area contributed by atoms with Crippen LogP contribution in [0, 0.1) is 3.57 Å². The normalized spacial score (nSPS) is 10.6. The number of fused-ring (bicyclic) bond motifs is 1. The van der Waals surface area contributed by atoms with Gasteiger partial charge in [0, 0.05) is 21.1 Å². The van der Waals surface area contributed by atoms with Gasteiger partial charge in [0.15, 0.2) is 12.4 Å². The number of anilines is 2. The number of ether oxygens (including phenoxy) is 2. The second-order valence-corrected chi connectivity index (χ2v) is 11.4. The third-order valence-electron chi connectivity index (χ3n) is 6.18. The van der Waals surface area contributed by atoms with E-state index in [9.17, 15) is 14.4 Å². The first-order valence-corrected chi connectivity index (χ1v) is 15.3. The lowest BCUT2D eigenvalue weighted by Gasteiger charge is -2.22. The van der Waals surface area contributed by atoms with Crippen molar-refractivity contribution in [1.29, 1.82) is 0 Å². The van der Waals surface area contributed by atoms with E-state index in [2.05, 4.69) is 56.1 Å². The lowest BCUT2D eigenvalue weighted by molar-refractivity contribution is -0.697. The van der Waals surface area contributed by atoms with Crippen LogP contribution in [-0.4, -0.2) is 44.4 Å². The van der Waals surface area contributed by atoms with Gasteiger partial charge in [0.2, 0.25) is 0 Å². The van der Waals surface area contributed by atoms with Crippen molar-refractivity contribution in [2.24, 2.45) is 0 Å². The van der Waals surface area contributed by atoms with Crippen molar-refractivity contribution in [3.05, 3.63) is 98.8 Å². The summed E-state index contributed by atoms with van der Waals surface area (Å²) in [5.74, 6) is -0.266. The van der Waals surface area contributed by atoms with Crippen LogP contribution in [0.15, 0.2) is 89.7 Å². The van der Waals surface area contributed by atoms with Crippen molar-refractivity contribution in [1.82, 2.24) is 5.32 Å². The van der Waals surface area contributed by atoms with Crippen molar-refractivity contribution in [3.8, 4) is 0 Å². The van der Waals surface area contributed by atoms with Gasteiger partial charge in [-0.2, -0.15) is 0 Å². The topological polar surface area (TPSA) is 101 Å². The molecule has 0 unspecified atom stereocenters. The van der Waals surface area contributed by atoms with Gasteiger partial charge < -0.3 is 14.8 Å². The monoisotopic (exact) mass is 745 g/mol. The molecule has 0 atom stereocenters. The molecule has 3 amide bonds. The molecular weight excluding hydrogens is 715 g/mol. The quantitative estimate of drug-likeness (QED) is 0.103. The number of carbonyl (C=O) groups is 3. The summed E-state index contributed by atoms with van der Waals surface area (Å²) in [6.07, 6.45) is 3.39. The number of carbonyl (C=O) groups excluding carboxylic acids is 3. The van der Waals surface area contributed by atoms with Gasteiger partial charge in [-0.3, -0.25) is 15.0 Å². The number of nitrogens with zero attached hydrogens (tertiary/aromatic N) is 2. The molecule has 0 radical (unpaired) electrons. The van der Waals surface area contributed by atoms with Crippen LogP contribution in [0.1, 0.15) is 23.7 Å². The number of rotatable bonds is 11. The summed E-state index contributed by atoms with van der Waals surface area (Å²) in [7, 11) is 0. The maximum absolute atomic E-state index is 13.0. The summed E-state index contributed by atoms with van der Waals surface area (Å²) in [6.45, 7) is 2.97. The zero-order valence-electron chi connectivity index (χ0n) is 23.0. The van der Waals surface area contributed by atoms with Crippen LogP contribution < -0.4 is 20.1 Å². The molecule has 0 saturated carbocycles. The Balaban J connectivity index is 1.31. The Morgan fingerprint density at radius 1 is 0.952 bits per heavy atom. The lowest BCUT2D eigenvalue weighted by Crippen LogP contribution is -2.38. The van der Waals surface area contributed by atoms with Crippen LogP contribution in [-0.2, 0) is 16.0 Å². The van der Waals surface area contributed by atoms with Crippen LogP contribution in [0.2, 0.25) is 0 Å². The molecular formula is C31H31BrIN4O5+. The Morgan fingerprint density at radius 2 is 1.71 bits per heavy atom. The highest BCUT2D eigenvalue weighted by Crippen LogP contribution is 2.23. The van der Waals surface area contributed by atoms with Crippen LogP contribution in [0.4, 0.5) is 21.0 Å². The van der Waals surface area contributed by atoms with Crippen LogP contribution >= 0.6 is 38.5 Å². The van der Waals surface area contributed by atoms with Gasteiger partial charge in [-0.05, 0) is 80.3 Å². The number of benzene rings is 3. The molecule has 2 N–H and O–H groups in total. The second-order valence-electron chi connectivity index (χ2n) is 9.27. The van der Waals surface area contributed by atoms with E-state index in [1.807, 2.05) is 59.3 Å². The molecule has 0 aliphatic heterocycles. The zero-order valence-corrected chi connectivity index (χ0v) is 26.8. The number of hydrogen-bond acceptors (Lipinski definition) is 5. The third-order valence-corrected chi connectivity index (χ3v) is 7.33. The molecule has 0 aliphatic carbocycles. The van der Waals surface area contributed by atoms with Gasteiger partial charge in [0.25, 0.3) is 5.91 Å². The van der Waals surface area contributed by atoms with Crippen LogP contribution in [0.3, 0.4) is 0 Å². The minimum absolute atomic E-state index is 0.0309. The number of aryl methyl sites for hydroxylation is 1. The highest BCUT2D eigenvalue weighted by atomic mass is 127. The molecule has 0 spiro atoms. The molecule has 4 aromatic rings. The molecule has 1 aromatic heterocycles. The summed E-state index contributed by atoms with van der Waals surface area (Å²) < 4.78 is 14.6. The first-order chi connectivity index (χ1) is 20.3. The second kappa shape index (κ2) is 15.5. The minimum atomic E-state index is -0.627. The molecule has 9 nitrogen and oxygen atoms in total. The summed E-state index contributed by atoms with van der Waals surface area (Å²) in [6, 6.07) is 22.4. The predicted octanol–water partition coefficient (Wildman–Crippen LogP) is 6.53. The maximum Gasteiger partial charge on any atom is 0.414 e. The molecule has 0 fully saturated rings. The highest BCUT2D eigenvalue weighted by molar-refractivity contribution is 14.1. The number of halogens is 2. The number of amides is 3. The largest absolute Gasteiger partial charge is 0.447 e. The lowest BCUT2D eigenvalue weighted by atomic mass is 10.1. The van der Waals surface area contributed by atoms with Gasteiger partial charge in [-0.15, -0.1) is 0 Å². The maximum atomic E-state index is 13.0. The Labute approximate surface area is 266 Å². The Bertz CT molecular complexity index is 1550. The minimum Gasteiger partial charge on any atom is -0.447 e. The average molecular weight is 746 g/mol. The first kappa shape index (κ1) is 31.2. The fourth-order valence-electron chi connectivity index (χ4n) is 4.25. The van der Waals surface area contributed by atoms with E-state index in [4.69, 9.17) is 9.47 Å². The third kappa shape index (κ3) is 8.89. The van der Waals surface area contributed by atoms with Crippen molar-refractivity contribution in [3.63, 3.8) is 0 Å². The zero-order chi connectivity index (χ0) is 29.9. The Hall–Kier alpha value is -3.71. The summed E-state index contributed by atoms with van der Waals surface area (Å²) in [4.78, 5) is 39.6. The van der Waals surface area contributed by atoms with E-state index in [0.29, 0.717) is 16.9 Å². The molecule has 42 heavy (non-hydrogen) atoms. The van der Waals surface area contributed by atoms with E-state index >= 15 is 0 Å². The summed E-state index contributed by atoms with van der Waals surface area (Å²) in [5, 5.41) is 7.45. The molecule has 0 saturated heterocycles. The van der Waals surface area contributed by atoms with Crippen molar-refractivity contribution in [2.75, 3.05) is 36.5 Å². The van der Waals surface area contributed by atoms with Gasteiger partial charge in [-0.1, -0.05) is 43.3 Å². The fraction of sp³-hybridized carbons (Fsp3) is 0.226. The summed E-state index contributed by atoms with van der Waals surface area (Å²) >= 11 is 5.62. The molecule has 11 heteroatoms. The smallest absolute Gasteiger partial charge is 0.414 e. The van der Waals surface area contributed by atoms with Crippen LogP contribution in [0.25, 0.3) is 10.8 Å². The van der Waals surface area contributed by atoms with E-state index in [-0.39, 0.29) is 32.2 Å². The fourth-order valence-corrected chi connectivity index (χ4v) is 5.12. The van der Waals surface area contributed by atoms with Crippen molar-refractivity contribution < 1.29 is 28.4 Å². The van der Waals surface area contributed by atoms with E-state index in [1.54, 1.807) is 30.5 Å². The molecule has 218 valence electrons. The number of hydrogen-bond donors (Lipinski definition) is 2. The standard InChI is InChI=1S/C31H30BrIN4O5/c1-2-15-36-20-23(19-24(32)21-36)29(38)34-14-17-42-31(40)37(26-12-10-25(33)11-13-26)16-18-41-30(39)35-28-9-5-7-22-6-3-4-8-27(22)28/h3-13,19-21H,2,14-18H2,1H3,(H-,34,35,38,39)/p+1. The Morgan fingerprint density at radius 3 is 2.50 bits per heavy atom. The SMILES string of the molecule is CCC[n+]1cc(Br)cc(C(=O)NCCOC(=O)N(CCOC(=O)Nc2cccc3ccccc23)c2ccc(I)cc2)c1. The van der Waals surface area contributed by atoms with E-state index in [0.717, 1.165) is 31.8 Å². The molecule has 0 aliphatic rings. The number of pyridine rings is 1. The van der Waals surface area contributed by atoms with Gasteiger partial charge in [0.1, 0.15) is 25.3 Å². The molecule has 1 heterocycles. The number of nitrogens with one attached hydrogen (secondary N) is 2. The van der Waals surface area contributed by atoms with Crippen LogP contribution in [0.5, 0.6) is 0 Å². The molecule has 3 aromatic carbocycles. The van der Waals surface area contributed by atoms with Gasteiger partial charge in [-0.25, -0.2) is 14.2 Å². The van der Waals surface area contributed by atoms with E-state index < -0.39 is 12.2 Å². The molecule has 0 bridgehead atoms. The molecule has 4 rings (SSSR count). The average Bonchev–Trinajstić information content (AvgIpc) is 2.98. The first-order valence-electron chi connectivity index (χ1n) is 13.4. The summed E-state index contributed by atoms with van der Waals surface area (Å²) in [5.41, 5.74) is 1.73. The van der Waals surface area contributed by atoms with E-state index in [1.165, 1.54) is 4.90 Å². The predicted molar refractivity (Wildman–Crippen MR) is 174 cm³/mol. The van der Waals surface area contributed by atoms with Crippen molar-refractivity contribution in [2.45, 2.75) is 19.9 Å². The highest BCUT2D eigenvalue weighted by Gasteiger charge is 2.19. The van der Waals surface area contributed by atoms with Gasteiger partial charge >= 0.3 is 12.2 Å². The van der Waals surface area contributed by atoms with Gasteiger partial charge in [0.05, 0.1) is 23.2 Å². The Kier molecular flexibility index (Phi) is 11.5. The number of aromatic nitrogens is 1. The van der Waals surface area contributed by atoms with Crippen molar-refractivity contribution >= 4 is 78.8 Å².